The normalized spacial score (nSPS) is 11.0. The van der Waals surface area contributed by atoms with Crippen LogP contribution in [0.2, 0.25) is 0 Å². The monoisotopic (exact) mass is 399 g/mol. The number of carbonyl (C=O) groups excluding carboxylic acids is 1. The van der Waals surface area contributed by atoms with Crippen molar-refractivity contribution in [1.29, 1.82) is 0 Å². The molecule has 0 unspecified atom stereocenters. The Bertz CT molecular complexity index is 1190. The highest BCUT2D eigenvalue weighted by molar-refractivity contribution is 5.82. The van der Waals surface area contributed by atoms with E-state index in [1.54, 1.807) is 43.7 Å². The summed E-state index contributed by atoms with van der Waals surface area (Å²) in [5.41, 5.74) is 1.42. The third-order valence-corrected chi connectivity index (χ3v) is 4.09. The first-order valence-electron chi connectivity index (χ1n) is 8.65. The van der Waals surface area contributed by atoms with Gasteiger partial charge in [0.2, 0.25) is 16.9 Å². The van der Waals surface area contributed by atoms with E-state index >= 15 is 0 Å². The van der Waals surface area contributed by atoms with Crippen molar-refractivity contribution in [3.8, 4) is 11.5 Å². The zero-order chi connectivity index (χ0) is 20.4. The lowest BCUT2D eigenvalue weighted by Crippen LogP contribution is -2.11. The number of rotatable bonds is 7. The van der Waals surface area contributed by atoms with E-state index in [4.69, 9.17) is 18.8 Å². The van der Waals surface area contributed by atoms with Crippen molar-refractivity contribution in [2.24, 2.45) is 0 Å². The van der Waals surface area contributed by atoms with Crippen molar-refractivity contribution in [3.63, 3.8) is 0 Å². The van der Waals surface area contributed by atoms with E-state index in [1.165, 1.54) is 0 Å². The average molecular weight is 399 g/mol. The highest BCUT2D eigenvalue weighted by Crippen LogP contribution is 2.32. The van der Waals surface area contributed by atoms with E-state index in [0.717, 1.165) is 0 Å². The molecule has 0 radical (unpaired) electrons. The fourth-order valence-electron chi connectivity index (χ4n) is 2.82. The summed E-state index contributed by atoms with van der Waals surface area (Å²) in [4.78, 5) is 16.3. The van der Waals surface area contributed by atoms with Crippen molar-refractivity contribution in [2.75, 3.05) is 26.1 Å². The van der Waals surface area contributed by atoms with Gasteiger partial charge in [-0.05, 0) is 29.4 Å². The molecule has 0 bridgehead atoms. The van der Waals surface area contributed by atoms with Gasteiger partial charge in [0.1, 0.15) is 17.9 Å². The molecule has 0 aliphatic heterocycles. The van der Waals surface area contributed by atoms with Crippen molar-refractivity contribution in [1.82, 2.24) is 29.9 Å². The van der Waals surface area contributed by atoms with Gasteiger partial charge in [-0.1, -0.05) is 0 Å². The van der Waals surface area contributed by atoms with Crippen LogP contribution in [0, 0.1) is 0 Å². The van der Waals surface area contributed by atoms with Gasteiger partial charge in [-0.25, -0.2) is 9.61 Å². The summed E-state index contributed by atoms with van der Waals surface area (Å²) in [7, 11) is 3.12. The summed E-state index contributed by atoms with van der Waals surface area (Å²) >= 11 is 0. The Labute approximate surface area is 163 Å². The van der Waals surface area contributed by atoms with Crippen LogP contribution >= 0.6 is 0 Å². The van der Waals surface area contributed by atoms with E-state index in [-0.39, 0.29) is 24.3 Å². The number of carbonyl (C=O) groups is 1. The number of esters is 1. The summed E-state index contributed by atoms with van der Waals surface area (Å²) in [6.07, 6.45) is -0.0943. The molecule has 3 heterocycles. The van der Waals surface area contributed by atoms with Gasteiger partial charge in [-0.2, -0.15) is 0 Å². The van der Waals surface area contributed by atoms with Gasteiger partial charge in [0.25, 0.3) is 0 Å². The Morgan fingerprint density at radius 1 is 1.17 bits per heavy atom. The highest BCUT2D eigenvalue weighted by Gasteiger charge is 2.21. The lowest BCUT2D eigenvalue weighted by molar-refractivity contribution is -0.142. The number of hydrogen-bond donors (Lipinski definition) is 1. The first-order valence-corrected chi connectivity index (χ1v) is 8.65. The third kappa shape index (κ3) is 3.35. The van der Waals surface area contributed by atoms with Crippen LogP contribution in [0.1, 0.15) is 12.7 Å². The van der Waals surface area contributed by atoms with Gasteiger partial charge in [-0.15, -0.1) is 10.2 Å². The molecule has 12 nitrogen and oxygen atoms in total. The topological polar surface area (TPSA) is 139 Å². The number of anilines is 2. The molecule has 0 saturated carbocycles. The first kappa shape index (κ1) is 18.4. The van der Waals surface area contributed by atoms with E-state index in [1.807, 2.05) is 0 Å². The Kier molecular flexibility index (Phi) is 4.81. The number of aromatic nitrogens is 6. The molecule has 3 aromatic heterocycles. The molecular formula is C17H17N7O5. The van der Waals surface area contributed by atoms with Crippen LogP contribution in [0.3, 0.4) is 0 Å². The number of nitrogens with one attached hydrogen (secondary N) is 1. The molecule has 12 heteroatoms. The zero-order valence-corrected chi connectivity index (χ0v) is 15.9. The average Bonchev–Trinajstić information content (AvgIpc) is 3.35. The quantitative estimate of drug-likeness (QED) is 0.452. The lowest BCUT2D eigenvalue weighted by atomic mass is 10.2. The molecule has 0 fully saturated rings. The standard InChI is InChI=1S/C17H17N7O5/c1-4-28-13(25)8-12-20-21-16-14(19-15-17(24(12)16)23-29-22-15)18-10-7-9(26-2)5-6-11(10)27-3/h5-7H,4,8H2,1-3H3,(H,18,19,22). The Morgan fingerprint density at radius 2 is 2.03 bits per heavy atom. The molecule has 0 spiro atoms. The number of nitrogens with zero attached hydrogens (tertiary/aromatic N) is 6. The van der Waals surface area contributed by atoms with Crippen molar-refractivity contribution in [3.05, 3.63) is 24.0 Å². The second-order valence-electron chi connectivity index (χ2n) is 5.82. The van der Waals surface area contributed by atoms with E-state index in [0.29, 0.717) is 34.5 Å². The van der Waals surface area contributed by atoms with Crippen LogP contribution in [0.5, 0.6) is 11.5 Å². The molecule has 4 rings (SSSR count). The highest BCUT2D eigenvalue weighted by atomic mass is 16.6. The van der Waals surface area contributed by atoms with Crippen LogP contribution in [0.15, 0.2) is 22.8 Å². The summed E-state index contributed by atoms with van der Waals surface area (Å²) in [6.45, 7) is 1.99. The predicted octanol–water partition coefficient (Wildman–Crippen LogP) is 1.53. The molecule has 0 atom stereocenters. The molecule has 4 aromatic rings. The van der Waals surface area contributed by atoms with E-state index in [9.17, 15) is 4.79 Å². The fraction of sp³-hybridized carbons (Fsp3) is 0.294. The molecule has 1 aromatic carbocycles. The SMILES string of the molecule is CCOC(=O)Cc1nnc2c(Nc3cc(OC)ccc3OC)nc3nonc3n12. The Balaban J connectivity index is 1.83. The number of ether oxygens (including phenoxy) is 3. The fourth-order valence-corrected chi connectivity index (χ4v) is 2.82. The van der Waals surface area contributed by atoms with Gasteiger partial charge in [0.15, 0.2) is 11.6 Å². The molecule has 150 valence electrons. The van der Waals surface area contributed by atoms with Gasteiger partial charge in [0, 0.05) is 6.07 Å². The van der Waals surface area contributed by atoms with Crippen LogP contribution in [-0.4, -0.2) is 56.7 Å². The minimum Gasteiger partial charge on any atom is -0.497 e. The molecule has 29 heavy (non-hydrogen) atoms. The first-order chi connectivity index (χ1) is 14.1. The van der Waals surface area contributed by atoms with Crippen molar-refractivity contribution >= 4 is 34.4 Å². The maximum Gasteiger partial charge on any atom is 0.313 e. The predicted molar refractivity (Wildman–Crippen MR) is 99.3 cm³/mol. The summed E-state index contributed by atoms with van der Waals surface area (Å²) in [5.74, 6) is 1.39. The van der Waals surface area contributed by atoms with Gasteiger partial charge in [-0.3, -0.25) is 9.20 Å². The zero-order valence-electron chi connectivity index (χ0n) is 15.9. The number of methoxy groups -OCH3 is 2. The van der Waals surface area contributed by atoms with Gasteiger partial charge in [0.05, 0.1) is 26.5 Å². The molecule has 0 amide bonds. The summed E-state index contributed by atoms with van der Waals surface area (Å²) in [5, 5.41) is 19.0. The molecule has 1 N–H and O–H groups in total. The molecule has 0 saturated heterocycles. The summed E-state index contributed by atoms with van der Waals surface area (Å²) < 4.78 is 22.0. The molecule has 0 aliphatic carbocycles. The Hall–Kier alpha value is -3.96. The lowest BCUT2D eigenvalue weighted by Gasteiger charge is -2.12. The second-order valence-corrected chi connectivity index (χ2v) is 5.82. The number of benzene rings is 1. The minimum absolute atomic E-state index is 0.0943. The minimum atomic E-state index is -0.438. The Morgan fingerprint density at radius 3 is 2.79 bits per heavy atom. The van der Waals surface area contributed by atoms with Crippen LogP contribution in [0.4, 0.5) is 11.5 Å². The number of fused-ring (bicyclic) bond motifs is 3. The van der Waals surface area contributed by atoms with Gasteiger partial charge < -0.3 is 19.5 Å². The van der Waals surface area contributed by atoms with E-state index < -0.39 is 5.97 Å². The van der Waals surface area contributed by atoms with Crippen molar-refractivity contribution < 1.29 is 23.6 Å². The van der Waals surface area contributed by atoms with Crippen molar-refractivity contribution in [2.45, 2.75) is 13.3 Å². The third-order valence-electron chi connectivity index (χ3n) is 4.09. The number of hydrogen-bond acceptors (Lipinski definition) is 11. The largest absolute Gasteiger partial charge is 0.497 e. The smallest absolute Gasteiger partial charge is 0.313 e. The maximum atomic E-state index is 11.9. The van der Waals surface area contributed by atoms with E-state index in [2.05, 4.69) is 30.8 Å². The van der Waals surface area contributed by atoms with Crippen LogP contribution in [0.25, 0.3) is 16.9 Å². The molecule has 0 aliphatic rings. The molecular weight excluding hydrogens is 382 g/mol. The van der Waals surface area contributed by atoms with Gasteiger partial charge >= 0.3 is 5.97 Å². The van der Waals surface area contributed by atoms with Crippen LogP contribution in [-0.2, 0) is 16.0 Å². The maximum absolute atomic E-state index is 11.9. The second kappa shape index (κ2) is 7.58. The van der Waals surface area contributed by atoms with Crippen LogP contribution < -0.4 is 14.8 Å². The summed E-state index contributed by atoms with van der Waals surface area (Å²) in [6, 6.07) is 5.27.